The van der Waals surface area contributed by atoms with Gasteiger partial charge in [-0.1, -0.05) is 41.0 Å². The predicted molar refractivity (Wildman–Crippen MR) is 81.0 cm³/mol. The van der Waals surface area contributed by atoms with Crippen LogP contribution in [-0.4, -0.2) is 37.1 Å². The third kappa shape index (κ3) is 5.27. The zero-order chi connectivity index (χ0) is 13.6. The van der Waals surface area contributed by atoms with Crippen LogP contribution in [-0.2, 0) is 0 Å². The summed E-state index contributed by atoms with van der Waals surface area (Å²) in [5.41, 5.74) is 0.430. The number of rotatable bonds is 7. The third-order valence-corrected chi connectivity index (χ3v) is 4.58. The van der Waals surface area contributed by atoms with Gasteiger partial charge in [-0.3, -0.25) is 0 Å². The lowest BCUT2D eigenvalue weighted by atomic mass is 9.85. The van der Waals surface area contributed by atoms with E-state index in [1.54, 1.807) is 0 Å². The van der Waals surface area contributed by atoms with Crippen LogP contribution in [0.3, 0.4) is 0 Å². The molecule has 1 fully saturated rings. The van der Waals surface area contributed by atoms with Crippen molar-refractivity contribution in [1.29, 1.82) is 0 Å². The fraction of sp³-hybridized carbons (Fsp3) is 1.00. The molecule has 1 saturated heterocycles. The van der Waals surface area contributed by atoms with Crippen molar-refractivity contribution in [2.24, 2.45) is 11.3 Å². The van der Waals surface area contributed by atoms with E-state index >= 15 is 0 Å². The van der Waals surface area contributed by atoms with E-state index in [0.29, 0.717) is 11.5 Å². The van der Waals surface area contributed by atoms with E-state index in [4.69, 9.17) is 0 Å². The molecule has 2 nitrogen and oxygen atoms in total. The molecule has 1 rings (SSSR count). The summed E-state index contributed by atoms with van der Waals surface area (Å²) in [5.74, 6) is 0.943. The molecule has 0 aromatic heterocycles. The average Bonchev–Trinajstić information content (AvgIpc) is 2.36. The van der Waals surface area contributed by atoms with Crippen LogP contribution in [0.5, 0.6) is 0 Å². The molecule has 0 aromatic rings. The molecule has 0 bridgehead atoms. The molecule has 0 aliphatic carbocycles. The monoisotopic (exact) mass is 254 g/mol. The summed E-state index contributed by atoms with van der Waals surface area (Å²) in [6.45, 7) is 16.7. The molecule has 2 unspecified atom stereocenters. The molecule has 1 heterocycles. The van der Waals surface area contributed by atoms with Gasteiger partial charge in [-0.2, -0.15) is 0 Å². The SMILES string of the molecule is CCC1CCCN(CC(C)(CC)CNC(C)C)C1. The Morgan fingerprint density at radius 1 is 1.33 bits per heavy atom. The molecular formula is C16H34N2. The lowest BCUT2D eigenvalue weighted by Crippen LogP contribution is -2.46. The number of nitrogens with zero attached hydrogens (tertiary/aromatic N) is 1. The van der Waals surface area contributed by atoms with Gasteiger partial charge in [0.25, 0.3) is 0 Å². The highest BCUT2D eigenvalue weighted by molar-refractivity contribution is 4.83. The Hall–Kier alpha value is -0.0800. The van der Waals surface area contributed by atoms with Crippen molar-refractivity contribution in [2.75, 3.05) is 26.2 Å². The van der Waals surface area contributed by atoms with Crippen molar-refractivity contribution in [1.82, 2.24) is 10.2 Å². The first-order valence-electron chi connectivity index (χ1n) is 7.95. The molecule has 2 heteroatoms. The van der Waals surface area contributed by atoms with E-state index in [2.05, 4.69) is 44.8 Å². The standard InChI is InChI=1S/C16H34N2/c1-6-15-9-8-10-18(11-15)13-16(5,7-2)12-17-14(3)4/h14-15,17H,6-13H2,1-5H3. The summed E-state index contributed by atoms with van der Waals surface area (Å²) >= 11 is 0. The predicted octanol–water partition coefficient (Wildman–Crippen LogP) is 3.52. The van der Waals surface area contributed by atoms with Crippen LogP contribution in [0, 0.1) is 11.3 Å². The van der Waals surface area contributed by atoms with E-state index in [1.807, 2.05) is 0 Å². The molecule has 1 N–H and O–H groups in total. The van der Waals surface area contributed by atoms with Crippen molar-refractivity contribution in [3.8, 4) is 0 Å². The van der Waals surface area contributed by atoms with Crippen LogP contribution < -0.4 is 5.32 Å². The first-order valence-corrected chi connectivity index (χ1v) is 7.95. The maximum atomic E-state index is 3.63. The highest BCUT2D eigenvalue weighted by atomic mass is 15.1. The Bertz CT molecular complexity index is 227. The number of piperidine rings is 1. The minimum Gasteiger partial charge on any atom is -0.314 e. The van der Waals surface area contributed by atoms with Gasteiger partial charge >= 0.3 is 0 Å². The van der Waals surface area contributed by atoms with Crippen LogP contribution in [0.1, 0.15) is 60.3 Å². The van der Waals surface area contributed by atoms with Crippen LogP contribution >= 0.6 is 0 Å². The van der Waals surface area contributed by atoms with Gasteiger partial charge in [-0.25, -0.2) is 0 Å². The van der Waals surface area contributed by atoms with E-state index in [1.165, 1.54) is 45.3 Å². The fourth-order valence-electron chi connectivity index (χ4n) is 2.91. The lowest BCUT2D eigenvalue weighted by molar-refractivity contribution is 0.105. The number of hydrogen-bond donors (Lipinski definition) is 1. The van der Waals surface area contributed by atoms with Gasteiger partial charge in [0.1, 0.15) is 0 Å². The van der Waals surface area contributed by atoms with Gasteiger partial charge in [0.2, 0.25) is 0 Å². The minimum atomic E-state index is 0.430. The second kappa shape index (κ2) is 7.49. The Labute approximate surface area is 115 Å². The summed E-state index contributed by atoms with van der Waals surface area (Å²) in [4.78, 5) is 2.71. The van der Waals surface area contributed by atoms with Crippen LogP contribution in [0.15, 0.2) is 0 Å². The summed E-state index contributed by atoms with van der Waals surface area (Å²) in [5, 5.41) is 3.63. The summed E-state index contributed by atoms with van der Waals surface area (Å²) in [6, 6.07) is 0.598. The van der Waals surface area contributed by atoms with Crippen LogP contribution in [0.25, 0.3) is 0 Å². The number of hydrogen-bond acceptors (Lipinski definition) is 2. The molecule has 1 aliphatic rings. The van der Waals surface area contributed by atoms with Crippen molar-refractivity contribution in [2.45, 2.75) is 66.3 Å². The molecule has 2 atom stereocenters. The Kier molecular flexibility index (Phi) is 6.65. The first-order chi connectivity index (χ1) is 8.49. The molecule has 0 aromatic carbocycles. The molecular weight excluding hydrogens is 220 g/mol. The van der Waals surface area contributed by atoms with Crippen LogP contribution in [0.4, 0.5) is 0 Å². The van der Waals surface area contributed by atoms with Crippen molar-refractivity contribution in [3.63, 3.8) is 0 Å². The smallest absolute Gasteiger partial charge is 0.00475 e. The quantitative estimate of drug-likeness (QED) is 0.748. The molecule has 108 valence electrons. The summed E-state index contributed by atoms with van der Waals surface area (Å²) < 4.78 is 0. The molecule has 0 amide bonds. The largest absolute Gasteiger partial charge is 0.314 e. The van der Waals surface area contributed by atoms with E-state index in [-0.39, 0.29) is 0 Å². The molecule has 0 saturated carbocycles. The fourth-order valence-corrected chi connectivity index (χ4v) is 2.91. The van der Waals surface area contributed by atoms with Gasteiger partial charge in [-0.15, -0.1) is 0 Å². The Morgan fingerprint density at radius 2 is 2.06 bits per heavy atom. The maximum Gasteiger partial charge on any atom is 0.00475 e. The van der Waals surface area contributed by atoms with Gasteiger partial charge < -0.3 is 10.2 Å². The third-order valence-electron chi connectivity index (χ3n) is 4.58. The van der Waals surface area contributed by atoms with Gasteiger partial charge in [0.15, 0.2) is 0 Å². The lowest BCUT2D eigenvalue weighted by Gasteiger charge is -2.39. The highest BCUT2D eigenvalue weighted by Gasteiger charge is 2.28. The number of nitrogens with one attached hydrogen (secondary N) is 1. The van der Waals surface area contributed by atoms with Crippen molar-refractivity contribution >= 4 is 0 Å². The normalized spacial score (nSPS) is 25.3. The highest BCUT2D eigenvalue weighted by Crippen LogP contribution is 2.26. The van der Waals surface area contributed by atoms with Crippen molar-refractivity contribution in [3.05, 3.63) is 0 Å². The maximum absolute atomic E-state index is 3.63. The van der Waals surface area contributed by atoms with E-state index in [0.717, 1.165) is 12.5 Å². The second-order valence-corrected chi connectivity index (χ2v) is 6.85. The average molecular weight is 254 g/mol. The van der Waals surface area contributed by atoms with E-state index < -0.39 is 0 Å². The van der Waals surface area contributed by atoms with Crippen LogP contribution in [0.2, 0.25) is 0 Å². The zero-order valence-corrected chi connectivity index (χ0v) is 13.3. The first kappa shape index (κ1) is 16.0. The zero-order valence-electron chi connectivity index (χ0n) is 13.3. The van der Waals surface area contributed by atoms with Gasteiger partial charge in [0, 0.05) is 25.7 Å². The molecule has 18 heavy (non-hydrogen) atoms. The topological polar surface area (TPSA) is 15.3 Å². The minimum absolute atomic E-state index is 0.430. The molecule has 0 radical (unpaired) electrons. The Balaban J connectivity index is 2.45. The van der Waals surface area contributed by atoms with Crippen molar-refractivity contribution < 1.29 is 0 Å². The second-order valence-electron chi connectivity index (χ2n) is 6.85. The number of likely N-dealkylation sites (tertiary alicyclic amines) is 1. The Morgan fingerprint density at radius 3 is 2.61 bits per heavy atom. The van der Waals surface area contributed by atoms with E-state index in [9.17, 15) is 0 Å². The molecule has 1 aliphatic heterocycles. The molecule has 0 spiro atoms. The van der Waals surface area contributed by atoms with Gasteiger partial charge in [-0.05, 0) is 37.1 Å². The van der Waals surface area contributed by atoms with Gasteiger partial charge in [0.05, 0.1) is 0 Å². The summed E-state index contributed by atoms with van der Waals surface area (Å²) in [7, 11) is 0. The summed E-state index contributed by atoms with van der Waals surface area (Å²) in [6.07, 6.45) is 5.46.